The minimum atomic E-state index is -0.289. The van der Waals surface area contributed by atoms with Gasteiger partial charge in [-0.25, -0.2) is 9.37 Å². The minimum absolute atomic E-state index is 0.0417. The van der Waals surface area contributed by atoms with E-state index in [1.54, 1.807) is 17.8 Å². The number of carbonyl (C=O) groups excluding carboxylic acids is 1. The van der Waals surface area contributed by atoms with Crippen molar-refractivity contribution in [3.8, 4) is 6.07 Å². The predicted octanol–water partition coefficient (Wildman–Crippen LogP) is 2.74. The lowest BCUT2D eigenvalue weighted by atomic mass is 10.1. The third-order valence-electron chi connectivity index (χ3n) is 4.23. The summed E-state index contributed by atoms with van der Waals surface area (Å²) in [5.41, 5.74) is 1.25. The number of benzene rings is 1. The molecule has 0 saturated heterocycles. The number of amides is 1. The van der Waals surface area contributed by atoms with E-state index in [9.17, 15) is 14.4 Å². The maximum absolute atomic E-state index is 13.3. The van der Waals surface area contributed by atoms with Crippen LogP contribution < -0.4 is 5.32 Å². The van der Waals surface area contributed by atoms with Crippen LogP contribution in [0.25, 0.3) is 0 Å². The van der Waals surface area contributed by atoms with Crippen LogP contribution in [0, 0.1) is 23.1 Å². The zero-order valence-electron chi connectivity index (χ0n) is 12.1. The molecule has 1 amide bonds. The average molecular weight is 328 g/mol. The first-order chi connectivity index (χ1) is 11.2. The van der Waals surface area contributed by atoms with Crippen molar-refractivity contribution < 1.29 is 9.18 Å². The quantitative estimate of drug-likeness (QED) is 0.940. The summed E-state index contributed by atoms with van der Waals surface area (Å²) < 4.78 is 15.1. The highest BCUT2D eigenvalue weighted by Gasteiger charge is 2.44. The summed E-state index contributed by atoms with van der Waals surface area (Å²) in [6.07, 6.45) is 0.694. The third kappa shape index (κ3) is 2.49. The fourth-order valence-electron chi connectivity index (χ4n) is 2.98. The molecule has 2 atom stereocenters. The molecule has 0 spiro atoms. The van der Waals surface area contributed by atoms with E-state index in [1.165, 1.54) is 12.1 Å². The Bertz CT molecular complexity index is 841. The molecule has 2 heterocycles. The van der Waals surface area contributed by atoms with Crippen molar-refractivity contribution >= 4 is 23.5 Å². The maximum Gasteiger partial charge on any atom is 0.229 e. The summed E-state index contributed by atoms with van der Waals surface area (Å²) in [6, 6.07) is 8.47. The van der Waals surface area contributed by atoms with Crippen LogP contribution in [0.3, 0.4) is 0 Å². The Morgan fingerprint density at radius 1 is 1.52 bits per heavy atom. The largest absolute Gasteiger partial charge is 0.308 e. The fourth-order valence-corrected chi connectivity index (χ4v) is 3.93. The normalized spacial score (nSPS) is 21.6. The smallest absolute Gasteiger partial charge is 0.229 e. The molecule has 1 fully saturated rings. The lowest BCUT2D eigenvalue weighted by Crippen LogP contribution is -2.16. The molecule has 1 aromatic heterocycles. The van der Waals surface area contributed by atoms with Gasteiger partial charge in [0.1, 0.15) is 11.9 Å². The number of fused-ring (bicyclic) bond motifs is 1. The zero-order valence-corrected chi connectivity index (χ0v) is 12.9. The zero-order chi connectivity index (χ0) is 16.0. The van der Waals surface area contributed by atoms with Crippen molar-refractivity contribution in [3.05, 3.63) is 41.3 Å². The summed E-state index contributed by atoms with van der Waals surface area (Å²) in [5, 5.41) is 12.8. The van der Waals surface area contributed by atoms with Gasteiger partial charge in [0.25, 0.3) is 0 Å². The SMILES string of the molecule is N#Cc1c(NC(=O)[C@@H]2C[C@H]2c2cccc(F)c2)nc2n1CCS2. The molecule has 1 N–H and O–H groups in total. The summed E-state index contributed by atoms with van der Waals surface area (Å²) in [5.74, 6) is 0.646. The number of nitrogens with one attached hydrogen (secondary N) is 1. The van der Waals surface area contributed by atoms with E-state index < -0.39 is 0 Å². The number of hydrogen-bond donors (Lipinski definition) is 1. The minimum Gasteiger partial charge on any atom is -0.308 e. The highest BCUT2D eigenvalue weighted by atomic mass is 32.2. The Morgan fingerprint density at radius 2 is 2.39 bits per heavy atom. The van der Waals surface area contributed by atoms with Gasteiger partial charge >= 0.3 is 0 Å². The molecule has 23 heavy (non-hydrogen) atoms. The summed E-state index contributed by atoms with van der Waals surface area (Å²) in [6.45, 7) is 0.737. The Morgan fingerprint density at radius 3 is 3.17 bits per heavy atom. The molecule has 0 bridgehead atoms. The van der Waals surface area contributed by atoms with Gasteiger partial charge < -0.3 is 9.88 Å². The van der Waals surface area contributed by atoms with Crippen LogP contribution in [0.1, 0.15) is 23.6 Å². The van der Waals surface area contributed by atoms with Crippen LogP contribution in [0.2, 0.25) is 0 Å². The highest BCUT2D eigenvalue weighted by molar-refractivity contribution is 7.99. The molecule has 0 unspecified atom stereocenters. The van der Waals surface area contributed by atoms with Gasteiger partial charge in [-0.1, -0.05) is 23.9 Å². The number of anilines is 1. The first-order valence-corrected chi connectivity index (χ1v) is 8.35. The standard InChI is InChI=1S/C16H13FN4OS/c17-10-3-1-2-9(6-10)11-7-12(11)15(22)19-14-13(8-18)21-4-5-23-16(21)20-14/h1-3,6,11-12H,4-5,7H2,(H,19,22)/t11-,12+/m0/s1. The van der Waals surface area contributed by atoms with E-state index in [-0.39, 0.29) is 23.6 Å². The van der Waals surface area contributed by atoms with Crippen LogP contribution in [0.5, 0.6) is 0 Å². The van der Waals surface area contributed by atoms with E-state index in [1.807, 2.05) is 10.6 Å². The molecule has 116 valence electrons. The van der Waals surface area contributed by atoms with E-state index >= 15 is 0 Å². The lowest BCUT2D eigenvalue weighted by Gasteiger charge is -2.04. The molecule has 1 aliphatic heterocycles. The molecule has 1 aromatic carbocycles. The van der Waals surface area contributed by atoms with Crippen molar-refractivity contribution in [2.75, 3.05) is 11.1 Å². The summed E-state index contributed by atoms with van der Waals surface area (Å²) >= 11 is 1.58. The number of hydrogen-bond acceptors (Lipinski definition) is 4. The molecular weight excluding hydrogens is 315 g/mol. The molecule has 1 saturated carbocycles. The number of rotatable bonds is 3. The molecule has 0 radical (unpaired) electrons. The van der Waals surface area contributed by atoms with E-state index in [0.29, 0.717) is 17.9 Å². The third-order valence-corrected chi connectivity index (χ3v) is 5.19. The topological polar surface area (TPSA) is 70.7 Å². The van der Waals surface area contributed by atoms with Gasteiger partial charge in [-0.2, -0.15) is 5.26 Å². The highest BCUT2D eigenvalue weighted by Crippen LogP contribution is 2.48. The molecule has 2 aromatic rings. The van der Waals surface area contributed by atoms with Gasteiger partial charge in [0.2, 0.25) is 5.91 Å². The number of nitrogens with zero attached hydrogens (tertiary/aromatic N) is 3. The van der Waals surface area contributed by atoms with Crippen molar-refractivity contribution in [3.63, 3.8) is 0 Å². The summed E-state index contributed by atoms with van der Waals surface area (Å²) in [4.78, 5) is 16.7. The second-order valence-electron chi connectivity index (χ2n) is 5.70. The Kier molecular flexibility index (Phi) is 3.34. The number of nitriles is 1. The summed E-state index contributed by atoms with van der Waals surface area (Å²) in [7, 11) is 0. The Hall–Kier alpha value is -2.33. The number of thioether (sulfide) groups is 1. The van der Waals surface area contributed by atoms with Crippen molar-refractivity contribution in [2.24, 2.45) is 5.92 Å². The van der Waals surface area contributed by atoms with Crippen molar-refractivity contribution in [2.45, 2.75) is 24.0 Å². The number of aromatic nitrogens is 2. The molecule has 5 nitrogen and oxygen atoms in total. The monoisotopic (exact) mass is 328 g/mol. The van der Waals surface area contributed by atoms with Gasteiger partial charge in [0, 0.05) is 18.2 Å². The van der Waals surface area contributed by atoms with Crippen LogP contribution >= 0.6 is 11.8 Å². The van der Waals surface area contributed by atoms with Gasteiger partial charge in [0.15, 0.2) is 16.7 Å². The number of imidazole rings is 1. The number of carbonyl (C=O) groups is 1. The maximum atomic E-state index is 13.3. The van der Waals surface area contributed by atoms with Crippen LogP contribution in [-0.4, -0.2) is 21.2 Å². The van der Waals surface area contributed by atoms with Crippen molar-refractivity contribution in [1.29, 1.82) is 5.26 Å². The van der Waals surface area contributed by atoms with Gasteiger partial charge in [-0.05, 0) is 30.0 Å². The van der Waals surface area contributed by atoms with Gasteiger partial charge in [-0.15, -0.1) is 0 Å². The molecule has 2 aliphatic rings. The molecule has 1 aliphatic carbocycles. The molecule has 7 heteroatoms. The van der Waals surface area contributed by atoms with E-state index in [2.05, 4.69) is 16.4 Å². The Labute approximate surface area is 136 Å². The van der Waals surface area contributed by atoms with Crippen LogP contribution in [0.15, 0.2) is 29.4 Å². The number of halogens is 1. The predicted molar refractivity (Wildman–Crippen MR) is 83.5 cm³/mol. The second-order valence-corrected chi connectivity index (χ2v) is 6.76. The van der Waals surface area contributed by atoms with E-state index in [4.69, 9.17) is 0 Å². The van der Waals surface area contributed by atoms with Crippen molar-refractivity contribution in [1.82, 2.24) is 9.55 Å². The van der Waals surface area contributed by atoms with Gasteiger partial charge in [-0.3, -0.25) is 4.79 Å². The van der Waals surface area contributed by atoms with Crippen LogP contribution in [0.4, 0.5) is 10.2 Å². The second kappa shape index (κ2) is 5.39. The lowest BCUT2D eigenvalue weighted by molar-refractivity contribution is -0.117. The first kappa shape index (κ1) is 14.3. The Balaban J connectivity index is 1.49. The van der Waals surface area contributed by atoms with E-state index in [0.717, 1.165) is 23.0 Å². The van der Waals surface area contributed by atoms with Crippen LogP contribution in [-0.2, 0) is 11.3 Å². The molecular formula is C16H13FN4OS. The van der Waals surface area contributed by atoms with Gasteiger partial charge in [0.05, 0.1) is 0 Å². The first-order valence-electron chi connectivity index (χ1n) is 7.37. The molecule has 4 rings (SSSR count). The fraction of sp³-hybridized carbons (Fsp3) is 0.312. The average Bonchev–Trinajstić information content (AvgIpc) is 3.11.